The second kappa shape index (κ2) is 32.4. The van der Waals surface area contributed by atoms with Gasteiger partial charge in [-0.3, -0.25) is 48.8 Å². The number of anilines is 6. The number of aliphatic hydroxyl groups is 1. The number of ketones is 1. The minimum absolute atomic E-state index is 0.183. The van der Waals surface area contributed by atoms with E-state index >= 15 is 0 Å². The SMILES string of the molecule is CC(=O)c1ccc(NC(=O)CN2C(=O)N(c3ccc(C(F)(F)F)nc3)C[C@@H]2CC(C)C)cn1.CC(C)C[C@H]1CN(c2ccc(C(F)(F)F)nc2)C(=O)N1CC(=O)Nc1ccc(C(F)F)nc1.CC(C)C[C@H]1CN(c2ccc(C(F)(F)F)nc2)C(=O)N1CC(=O)Nc1ccc(CO)nc1. The van der Waals surface area contributed by atoms with Gasteiger partial charge in [0.2, 0.25) is 17.7 Å². The molecule has 9 rings (SSSR count). The number of pyridine rings is 6. The number of rotatable bonds is 21. The number of halogens is 11. The number of aromatic nitrogens is 6. The quantitative estimate of drug-likeness (QED) is 0.0385. The second-order valence-electron chi connectivity index (χ2n) is 24.2. The number of hydrogen-bond donors (Lipinski definition) is 4. The van der Waals surface area contributed by atoms with Gasteiger partial charge in [0, 0.05) is 26.6 Å². The first-order valence-electron chi connectivity index (χ1n) is 30.5. The molecule has 4 N–H and O–H groups in total. The number of Topliss-reactive ketones (excluding diaryl/α,β-unsaturated/α-hetero) is 1. The molecular formula is C64H70F11N15O8. The summed E-state index contributed by atoms with van der Waals surface area (Å²) in [6, 6.07) is 12.1. The monoisotopic (exact) mass is 1390 g/mol. The Morgan fingerprint density at radius 3 is 1.02 bits per heavy atom. The average molecular weight is 1390 g/mol. The van der Waals surface area contributed by atoms with Crippen LogP contribution in [-0.4, -0.2) is 149 Å². The molecule has 9 amide bonds. The predicted octanol–water partition coefficient (Wildman–Crippen LogP) is 12.0. The first-order chi connectivity index (χ1) is 46.0. The molecule has 6 aromatic rings. The van der Waals surface area contributed by atoms with Crippen LogP contribution in [-0.2, 0) is 39.5 Å². The lowest BCUT2D eigenvalue weighted by Gasteiger charge is -2.23. The molecule has 0 spiro atoms. The number of hydrogen-bond acceptors (Lipinski definition) is 14. The molecular weight excluding hydrogens is 1320 g/mol. The van der Waals surface area contributed by atoms with Crippen LogP contribution in [0.1, 0.15) is 113 Å². The van der Waals surface area contributed by atoms with E-state index in [4.69, 9.17) is 5.11 Å². The Morgan fingerprint density at radius 2 is 0.786 bits per heavy atom. The molecule has 0 aliphatic carbocycles. The molecule has 3 aliphatic heterocycles. The molecule has 98 heavy (non-hydrogen) atoms. The highest BCUT2D eigenvalue weighted by Crippen LogP contribution is 2.35. The van der Waals surface area contributed by atoms with Crippen molar-refractivity contribution in [1.29, 1.82) is 0 Å². The molecule has 0 aromatic carbocycles. The van der Waals surface area contributed by atoms with Crippen molar-refractivity contribution in [3.8, 4) is 0 Å². The number of aliphatic hydroxyl groups excluding tert-OH is 1. The van der Waals surface area contributed by atoms with Crippen LogP contribution in [0.15, 0.2) is 110 Å². The fraction of sp³-hybridized carbons (Fsp3) is 0.422. The zero-order valence-corrected chi connectivity index (χ0v) is 53.8. The summed E-state index contributed by atoms with van der Waals surface area (Å²) in [5.74, 6) is -1.01. The zero-order valence-electron chi connectivity index (χ0n) is 53.8. The van der Waals surface area contributed by atoms with E-state index in [2.05, 4.69) is 45.9 Å². The Balaban J connectivity index is 0.000000207. The zero-order chi connectivity index (χ0) is 72.1. The summed E-state index contributed by atoms with van der Waals surface area (Å²) in [5, 5.41) is 16.9. The Kier molecular flexibility index (Phi) is 24.9. The Morgan fingerprint density at radius 1 is 0.459 bits per heavy atom. The lowest BCUT2D eigenvalue weighted by atomic mass is 10.0. The molecule has 3 fully saturated rings. The van der Waals surface area contributed by atoms with Crippen molar-refractivity contribution in [1.82, 2.24) is 44.6 Å². The van der Waals surface area contributed by atoms with Gasteiger partial charge < -0.3 is 35.8 Å². The summed E-state index contributed by atoms with van der Waals surface area (Å²) >= 11 is 0. The number of alkyl halides is 11. The van der Waals surface area contributed by atoms with Gasteiger partial charge in [-0.2, -0.15) is 39.5 Å². The second-order valence-corrected chi connectivity index (χ2v) is 24.2. The molecule has 3 atom stereocenters. The lowest BCUT2D eigenvalue weighted by molar-refractivity contribution is -0.141. The highest BCUT2D eigenvalue weighted by atomic mass is 19.4. The van der Waals surface area contributed by atoms with Crippen molar-refractivity contribution in [2.24, 2.45) is 17.8 Å². The molecule has 526 valence electrons. The van der Waals surface area contributed by atoms with E-state index < -0.39 is 83.5 Å². The van der Waals surface area contributed by atoms with Crippen molar-refractivity contribution in [2.75, 3.05) is 69.9 Å². The molecule has 23 nitrogen and oxygen atoms in total. The minimum atomic E-state index is -4.60. The summed E-state index contributed by atoms with van der Waals surface area (Å²) < 4.78 is 140. The number of nitrogens with one attached hydrogen (secondary N) is 3. The van der Waals surface area contributed by atoms with Crippen LogP contribution in [0.3, 0.4) is 0 Å². The van der Waals surface area contributed by atoms with Crippen molar-refractivity contribution in [3.63, 3.8) is 0 Å². The molecule has 3 aliphatic rings. The first kappa shape index (κ1) is 75.4. The molecule has 0 bridgehead atoms. The van der Waals surface area contributed by atoms with E-state index in [0.717, 1.165) is 49.1 Å². The van der Waals surface area contributed by atoms with Gasteiger partial charge in [-0.1, -0.05) is 41.5 Å². The summed E-state index contributed by atoms with van der Waals surface area (Å²) in [4.78, 5) is 118. The van der Waals surface area contributed by atoms with Crippen molar-refractivity contribution >= 4 is 75.7 Å². The van der Waals surface area contributed by atoms with Crippen LogP contribution < -0.4 is 30.7 Å². The van der Waals surface area contributed by atoms with E-state index in [1.807, 2.05) is 41.5 Å². The van der Waals surface area contributed by atoms with Crippen LogP contribution in [0.2, 0.25) is 0 Å². The van der Waals surface area contributed by atoms with E-state index in [1.54, 1.807) is 18.2 Å². The molecule has 6 aromatic heterocycles. The molecule has 34 heteroatoms. The van der Waals surface area contributed by atoms with Crippen LogP contribution in [0, 0.1) is 17.8 Å². The number of carbonyl (C=O) groups is 7. The van der Waals surface area contributed by atoms with Gasteiger partial charge in [-0.15, -0.1) is 0 Å². The molecule has 3 saturated heterocycles. The summed E-state index contributed by atoms with van der Waals surface area (Å²) in [7, 11) is 0. The third kappa shape index (κ3) is 20.5. The largest absolute Gasteiger partial charge is 0.433 e. The maximum Gasteiger partial charge on any atom is 0.433 e. The van der Waals surface area contributed by atoms with E-state index in [1.165, 1.54) is 79.0 Å². The van der Waals surface area contributed by atoms with Gasteiger partial charge in [-0.05, 0) is 110 Å². The lowest BCUT2D eigenvalue weighted by Crippen LogP contribution is -2.41. The van der Waals surface area contributed by atoms with Crippen LogP contribution in [0.4, 0.5) is 96.8 Å². The third-order valence-corrected chi connectivity index (χ3v) is 15.1. The van der Waals surface area contributed by atoms with Crippen LogP contribution in [0.5, 0.6) is 0 Å². The third-order valence-electron chi connectivity index (χ3n) is 15.1. The minimum Gasteiger partial charge on any atom is -0.390 e. The normalized spacial score (nSPS) is 16.6. The molecule has 0 unspecified atom stereocenters. The standard InChI is InChI=1S/C22H24F3N5O3.C21H22F5N5O2.C21H24F3N5O3/c1-13(2)8-17-11-29(16-5-7-19(27-10-16)22(23,24)25)21(33)30(17)12-20(32)28-15-4-6-18(14(3)31)26-9-15;1-12(2)7-15-10-30(14-4-6-17(28-9-14)21(24,25)26)20(33)31(15)11-18(32)29-13-3-5-16(19(22)23)27-8-13;1-13(2)7-17-10-28(16-5-6-18(26-9-16)21(22,23)24)20(32)29(17)11-19(31)27-14-3-4-15(12-30)25-8-14/h4-7,9-10,13,17H,8,11-12H2,1-3H3,(H,28,32);3-6,8-9,12,15,19H,7,10-11H2,1-2H3,(H,29,32);3-6,8-9,13,17,30H,7,10-12H2,1-2H3,(H,27,31)/t17-;15-;17-/m000/s1. The Hall–Kier alpha value is -10.0. The number of amides is 9. The Bertz CT molecular complexity index is 3720. The molecule has 9 heterocycles. The van der Waals surface area contributed by atoms with Gasteiger partial charge in [-0.25, -0.2) is 38.1 Å². The smallest absolute Gasteiger partial charge is 0.390 e. The fourth-order valence-corrected chi connectivity index (χ4v) is 10.7. The van der Waals surface area contributed by atoms with Gasteiger partial charge in [0.05, 0.1) is 102 Å². The van der Waals surface area contributed by atoms with Crippen LogP contribution in [0.25, 0.3) is 0 Å². The Labute approximate surface area is 554 Å². The molecule has 0 saturated carbocycles. The van der Waals surface area contributed by atoms with Crippen molar-refractivity contribution in [2.45, 2.75) is 117 Å². The average Bonchev–Trinajstić information content (AvgIpc) is 1.65. The maximum absolute atomic E-state index is 13.1. The summed E-state index contributed by atoms with van der Waals surface area (Å²) in [5.41, 5.74) is -1.21. The fourth-order valence-electron chi connectivity index (χ4n) is 10.7. The van der Waals surface area contributed by atoms with E-state index in [0.29, 0.717) is 36.3 Å². The summed E-state index contributed by atoms with van der Waals surface area (Å²) in [6.45, 7) is 12.9. The van der Waals surface area contributed by atoms with Gasteiger partial charge >= 0.3 is 36.6 Å². The van der Waals surface area contributed by atoms with Crippen molar-refractivity contribution in [3.05, 3.63) is 144 Å². The number of carbonyl (C=O) groups excluding carboxylic acids is 7. The topological polar surface area (TPSA) is 273 Å². The van der Waals surface area contributed by atoms with Gasteiger partial charge in [0.1, 0.15) is 48.1 Å². The van der Waals surface area contributed by atoms with Crippen molar-refractivity contribution < 1.29 is 87.0 Å². The van der Waals surface area contributed by atoms with Gasteiger partial charge in [0.25, 0.3) is 6.43 Å². The van der Waals surface area contributed by atoms with E-state index in [-0.39, 0.29) is 116 Å². The highest BCUT2D eigenvalue weighted by molar-refractivity contribution is 6.02. The van der Waals surface area contributed by atoms with Gasteiger partial charge in [0.15, 0.2) is 5.78 Å². The maximum atomic E-state index is 13.1. The number of urea groups is 3. The highest BCUT2D eigenvalue weighted by Gasteiger charge is 2.44. The first-order valence-corrected chi connectivity index (χ1v) is 30.5. The van der Waals surface area contributed by atoms with Crippen LogP contribution >= 0.6 is 0 Å². The molecule has 0 radical (unpaired) electrons. The summed E-state index contributed by atoms with van der Waals surface area (Å²) in [6.07, 6.45) is -7.82. The predicted molar refractivity (Wildman–Crippen MR) is 335 cm³/mol. The van der Waals surface area contributed by atoms with E-state index in [9.17, 15) is 81.9 Å². The number of nitrogens with zero attached hydrogens (tertiary/aromatic N) is 12.